The van der Waals surface area contributed by atoms with E-state index in [2.05, 4.69) is 43.2 Å². The Morgan fingerprint density at radius 1 is 1.29 bits per heavy atom. The first kappa shape index (κ1) is 12.0. The molecule has 0 aliphatic heterocycles. The molecule has 0 aliphatic carbocycles. The lowest BCUT2D eigenvalue weighted by atomic mass is 10.2. The fourth-order valence-corrected chi connectivity index (χ4v) is 2.57. The number of benzene rings is 1. The topological polar surface area (TPSA) is 43.8 Å². The lowest BCUT2D eigenvalue weighted by Gasteiger charge is -2.03. The molecule has 2 rings (SSSR count). The molecule has 0 radical (unpaired) electrons. The molecule has 2 N–H and O–H groups in total. The Kier molecular flexibility index (Phi) is 3.43. The Labute approximate surface area is 106 Å². The van der Waals surface area contributed by atoms with Gasteiger partial charge in [0.25, 0.3) is 0 Å². The van der Waals surface area contributed by atoms with Crippen molar-refractivity contribution in [3.63, 3.8) is 0 Å². The number of anilines is 1. The Balaban J connectivity index is 2.29. The lowest BCUT2D eigenvalue weighted by Crippen LogP contribution is -1.93. The summed E-state index contributed by atoms with van der Waals surface area (Å²) in [5.41, 5.74) is 9.13. The van der Waals surface area contributed by atoms with E-state index in [0.717, 1.165) is 22.8 Å². The van der Waals surface area contributed by atoms with E-state index in [1.807, 2.05) is 11.7 Å². The van der Waals surface area contributed by atoms with Crippen molar-refractivity contribution in [2.75, 3.05) is 5.73 Å². The van der Waals surface area contributed by atoms with E-state index in [0.29, 0.717) is 0 Å². The normalized spacial score (nSPS) is 10.8. The third-order valence-electron chi connectivity index (χ3n) is 2.68. The summed E-state index contributed by atoms with van der Waals surface area (Å²) in [6, 6.07) is 8.43. The monoisotopic (exact) mass is 247 g/mol. The van der Waals surface area contributed by atoms with Gasteiger partial charge < -0.3 is 5.73 Å². The molecule has 0 atom stereocenters. The number of aromatic nitrogens is 2. The lowest BCUT2D eigenvalue weighted by molar-refractivity contribution is 0.687. The van der Waals surface area contributed by atoms with Crippen LogP contribution in [0.1, 0.15) is 18.2 Å². The second-order valence-electron chi connectivity index (χ2n) is 4.06. The highest BCUT2D eigenvalue weighted by atomic mass is 32.2. The van der Waals surface area contributed by atoms with Crippen LogP contribution in [0.3, 0.4) is 0 Å². The average molecular weight is 247 g/mol. The van der Waals surface area contributed by atoms with Gasteiger partial charge in [-0.3, -0.25) is 4.68 Å². The molecule has 0 saturated heterocycles. The molecule has 4 heteroatoms. The highest BCUT2D eigenvalue weighted by Gasteiger charge is 2.12. The van der Waals surface area contributed by atoms with Gasteiger partial charge in [0.15, 0.2) is 0 Å². The predicted octanol–water partition coefficient (Wildman–Crippen LogP) is 3.02. The van der Waals surface area contributed by atoms with E-state index in [9.17, 15) is 0 Å². The molecule has 1 heterocycles. The maximum absolute atomic E-state index is 6.09. The van der Waals surface area contributed by atoms with Crippen molar-refractivity contribution in [2.45, 2.75) is 30.2 Å². The van der Waals surface area contributed by atoms with Gasteiger partial charge in [-0.1, -0.05) is 36.4 Å². The van der Waals surface area contributed by atoms with Crippen LogP contribution < -0.4 is 5.73 Å². The maximum atomic E-state index is 6.09. The van der Waals surface area contributed by atoms with Crippen LogP contribution in [0.25, 0.3) is 0 Å². The average Bonchev–Trinajstić information content (AvgIpc) is 2.59. The van der Waals surface area contributed by atoms with Crippen LogP contribution in [0, 0.1) is 6.92 Å². The third-order valence-corrected chi connectivity index (χ3v) is 3.86. The number of hydrogen-bond acceptors (Lipinski definition) is 3. The molecule has 0 bridgehead atoms. The number of nitrogen functional groups attached to an aromatic ring is 1. The molecule has 0 fully saturated rings. The van der Waals surface area contributed by atoms with Crippen LogP contribution in [0.2, 0.25) is 0 Å². The minimum atomic E-state index is 0.806. The SMILES string of the molecule is CCc1nn(C)c(Sc2ccc(C)cc2)c1N. The number of nitrogens with zero attached hydrogens (tertiary/aromatic N) is 2. The van der Waals surface area contributed by atoms with Crippen molar-refractivity contribution in [2.24, 2.45) is 7.05 Å². The van der Waals surface area contributed by atoms with Gasteiger partial charge in [0.2, 0.25) is 0 Å². The summed E-state index contributed by atoms with van der Waals surface area (Å²) in [5.74, 6) is 0. The molecule has 0 unspecified atom stereocenters. The molecule has 0 spiro atoms. The molecule has 2 aromatic rings. The molecular formula is C13H17N3S. The van der Waals surface area contributed by atoms with Gasteiger partial charge in [0.05, 0.1) is 11.4 Å². The minimum Gasteiger partial charge on any atom is -0.395 e. The zero-order valence-electron chi connectivity index (χ0n) is 10.4. The van der Waals surface area contributed by atoms with Gasteiger partial charge in [0, 0.05) is 11.9 Å². The molecule has 1 aromatic carbocycles. The Hall–Kier alpha value is -1.42. The first-order chi connectivity index (χ1) is 8.11. The summed E-state index contributed by atoms with van der Waals surface area (Å²) in [4.78, 5) is 1.19. The fraction of sp³-hybridized carbons (Fsp3) is 0.308. The van der Waals surface area contributed by atoms with Gasteiger partial charge in [-0.25, -0.2) is 0 Å². The van der Waals surface area contributed by atoms with Crippen LogP contribution in [-0.2, 0) is 13.5 Å². The molecule has 0 aliphatic rings. The summed E-state index contributed by atoms with van der Waals surface area (Å²) < 4.78 is 1.86. The molecule has 0 amide bonds. The van der Waals surface area contributed by atoms with Gasteiger partial charge in [0.1, 0.15) is 5.03 Å². The summed E-state index contributed by atoms with van der Waals surface area (Å²) in [6.07, 6.45) is 0.869. The van der Waals surface area contributed by atoms with Crippen molar-refractivity contribution in [3.8, 4) is 0 Å². The highest BCUT2D eigenvalue weighted by molar-refractivity contribution is 7.99. The Bertz CT molecular complexity index is 514. The summed E-state index contributed by atoms with van der Waals surface area (Å²) in [5, 5.41) is 5.43. The summed E-state index contributed by atoms with van der Waals surface area (Å²) >= 11 is 1.66. The van der Waals surface area contributed by atoms with Crippen LogP contribution in [0.4, 0.5) is 5.69 Å². The standard InChI is InChI=1S/C13H17N3S/c1-4-11-12(14)13(16(3)15-11)17-10-7-5-9(2)6-8-10/h5-8H,4,14H2,1-3H3. The smallest absolute Gasteiger partial charge is 0.122 e. The summed E-state index contributed by atoms with van der Waals surface area (Å²) in [6.45, 7) is 4.15. The van der Waals surface area contributed by atoms with Crippen LogP contribution in [-0.4, -0.2) is 9.78 Å². The van der Waals surface area contributed by atoms with Crippen molar-refractivity contribution in [1.29, 1.82) is 0 Å². The third kappa shape index (κ3) is 2.47. The number of aryl methyl sites for hydroxylation is 3. The van der Waals surface area contributed by atoms with Crippen LogP contribution >= 0.6 is 11.8 Å². The molecule has 90 valence electrons. The first-order valence-electron chi connectivity index (χ1n) is 5.67. The van der Waals surface area contributed by atoms with Crippen molar-refractivity contribution < 1.29 is 0 Å². The quantitative estimate of drug-likeness (QED) is 0.906. The summed E-state index contributed by atoms with van der Waals surface area (Å²) in [7, 11) is 1.94. The number of hydrogen-bond donors (Lipinski definition) is 1. The maximum Gasteiger partial charge on any atom is 0.122 e. The molecule has 17 heavy (non-hydrogen) atoms. The van der Waals surface area contributed by atoms with Crippen molar-refractivity contribution >= 4 is 17.4 Å². The largest absolute Gasteiger partial charge is 0.395 e. The minimum absolute atomic E-state index is 0.806. The van der Waals surface area contributed by atoms with E-state index in [4.69, 9.17) is 5.73 Å². The molecule has 0 saturated carbocycles. The fourth-order valence-electron chi connectivity index (χ4n) is 1.68. The zero-order chi connectivity index (χ0) is 12.4. The Morgan fingerprint density at radius 2 is 1.94 bits per heavy atom. The van der Waals surface area contributed by atoms with Crippen LogP contribution in [0.15, 0.2) is 34.2 Å². The van der Waals surface area contributed by atoms with E-state index >= 15 is 0 Å². The van der Waals surface area contributed by atoms with Gasteiger partial charge in [-0.05, 0) is 25.5 Å². The van der Waals surface area contributed by atoms with E-state index < -0.39 is 0 Å². The van der Waals surface area contributed by atoms with E-state index in [-0.39, 0.29) is 0 Å². The van der Waals surface area contributed by atoms with Crippen molar-refractivity contribution in [1.82, 2.24) is 9.78 Å². The van der Waals surface area contributed by atoms with Crippen LogP contribution in [0.5, 0.6) is 0 Å². The van der Waals surface area contributed by atoms with Gasteiger partial charge >= 0.3 is 0 Å². The van der Waals surface area contributed by atoms with Gasteiger partial charge in [-0.2, -0.15) is 5.10 Å². The van der Waals surface area contributed by atoms with Gasteiger partial charge in [-0.15, -0.1) is 0 Å². The highest BCUT2D eigenvalue weighted by Crippen LogP contribution is 2.33. The number of nitrogens with two attached hydrogens (primary N) is 1. The zero-order valence-corrected chi connectivity index (χ0v) is 11.2. The second-order valence-corrected chi connectivity index (χ2v) is 5.12. The molecule has 3 nitrogen and oxygen atoms in total. The van der Waals surface area contributed by atoms with Crippen molar-refractivity contribution in [3.05, 3.63) is 35.5 Å². The first-order valence-corrected chi connectivity index (χ1v) is 6.49. The molecule has 1 aromatic heterocycles. The molecular weight excluding hydrogens is 230 g/mol. The van der Waals surface area contributed by atoms with E-state index in [1.165, 1.54) is 10.5 Å². The predicted molar refractivity (Wildman–Crippen MR) is 72.3 cm³/mol. The second kappa shape index (κ2) is 4.84. The Morgan fingerprint density at radius 3 is 2.47 bits per heavy atom. The van der Waals surface area contributed by atoms with E-state index in [1.54, 1.807) is 11.8 Å². The number of rotatable bonds is 3.